The van der Waals surface area contributed by atoms with Crippen LogP contribution >= 0.6 is 12.4 Å². The summed E-state index contributed by atoms with van der Waals surface area (Å²) in [6.45, 7) is 0.286. The number of anilines is 2. The molecular formula is C25H29ClF3N7O3S. The molecule has 0 radical (unpaired) electrons. The van der Waals surface area contributed by atoms with Crippen molar-refractivity contribution in [2.24, 2.45) is 11.7 Å². The number of halogens is 4. The summed E-state index contributed by atoms with van der Waals surface area (Å²) in [5, 5.41) is 3.56. The summed E-state index contributed by atoms with van der Waals surface area (Å²) in [6.07, 6.45) is 3.44. The number of hydrogen-bond acceptors (Lipinski definition) is 7. The third kappa shape index (κ3) is 5.37. The number of rotatable bonds is 8. The van der Waals surface area contributed by atoms with Gasteiger partial charge in [0.2, 0.25) is 5.95 Å². The Hall–Kier alpha value is -2.94. The fourth-order valence-electron chi connectivity index (χ4n) is 5.11. The van der Waals surface area contributed by atoms with Crippen LogP contribution in [0.4, 0.5) is 24.8 Å². The second-order valence-electron chi connectivity index (χ2n) is 10.6. The van der Waals surface area contributed by atoms with Crippen LogP contribution in [0, 0.1) is 17.6 Å². The van der Waals surface area contributed by atoms with E-state index in [0.29, 0.717) is 42.3 Å². The minimum atomic E-state index is -4.30. The third-order valence-corrected chi connectivity index (χ3v) is 9.06. The van der Waals surface area contributed by atoms with Crippen LogP contribution in [0.15, 0.2) is 29.2 Å². The van der Waals surface area contributed by atoms with Gasteiger partial charge in [0, 0.05) is 43.3 Å². The van der Waals surface area contributed by atoms with Crippen molar-refractivity contribution in [3.63, 3.8) is 0 Å². The highest BCUT2D eigenvalue weighted by molar-refractivity contribution is 7.90. The average Bonchev–Trinajstić information content (AvgIpc) is 3.60. The van der Waals surface area contributed by atoms with Gasteiger partial charge < -0.3 is 11.1 Å². The van der Waals surface area contributed by atoms with Crippen molar-refractivity contribution in [2.75, 3.05) is 29.7 Å². The number of hydrogen-bond donors (Lipinski definition) is 3. The molecule has 2 saturated carbocycles. The van der Waals surface area contributed by atoms with E-state index in [1.54, 1.807) is 0 Å². The third-order valence-electron chi connectivity index (χ3n) is 7.57. The summed E-state index contributed by atoms with van der Waals surface area (Å²) in [5.74, 6) is -1.38. The smallest absolute Gasteiger partial charge is 0.301 e. The largest absolute Gasteiger partial charge is 0.354 e. The molecule has 3 aliphatic rings. The molecule has 15 heteroatoms. The fraction of sp³-hybridized carbons (Fsp3) is 0.480. The van der Waals surface area contributed by atoms with Crippen molar-refractivity contribution in [3.05, 3.63) is 46.4 Å². The Labute approximate surface area is 234 Å². The second kappa shape index (κ2) is 10.8. The number of alkyl halides is 1. The Morgan fingerprint density at radius 1 is 1.15 bits per heavy atom. The minimum absolute atomic E-state index is 0. The van der Waals surface area contributed by atoms with Crippen LogP contribution in [0.1, 0.15) is 38.1 Å². The number of benzene rings is 1. The van der Waals surface area contributed by atoms with E-state index in [0.717, 1.165) is 29.3 Å². The van der Waals surface area contributed by atoms with Crippen LogP contribution in [0.3, 0.4) is 0 Å². The van der Waals surface area contributed by atoms with Gasteiger partial charge >= 0.3 is 10.2 Å². The maximum Gasteiger partial charge on any atom is 0.301 e. The van der Waals surface area contributed by atoms with E-state index in [-0.39, 0.29) is 49.6 Å². The first-order valence-corrected chi connectivity index (χ1v) is 14.4. The number of pyridine rings is 1. The molecule has 216 valence electrons. The van der Waals surface area contributed by atoms with Crippen LogP contribution in [0.5, 0.6) is 0 Å². The van der Waals surface area contributed by atoms with Crippen molar-refractivity contribution in [3.8, 4) is 11.1 Å². The lowest BCUT2D eigenvalue weighted by atomic mass is 9.87. The molecule has 0 amide bonds. The van der Waals surface area contributed by atoms with E-state index in [4.69, 9.17) is 5.73 Å². The molecule has 40 heavy (non-hydrogen) atoms. The lowest BCUT2D eigenvalue weighted by molar-refractivity contribution is 0.267. The quantitative estimate of drug-likeness (QED) is 0.361. The van der Waals surface area contributed by atoms with Crippen molar-refractivity contribution in [1.29, 1.82) is 0 Å². The molecule has 1 atom stereocenters. The SMILES string of the molecule is Cl.N[C@H]1C[C@H](n2c(=O)c(-c3c(F)ccc(NS(=O)(=O)N4CC[C@@H](F)C4)c3F)cc3cnc(NCC4CC4)nc32)C1. The number of fused-ring (bicyclic) bond motifs is 1. The van der Waals surface area contributed by atoms with Gasteiger partial charge in [0.1, 0.15) is 17.6 Å². The van der Waals surface area contributed by atoms with E-state index in [1.165, 1.54) is 16.8 Å². The summed E-state index contributed by atoms with van der Waals surface area (Å²) >= 11 is 0. The Kier molecular flexibility index (Phi) is 7.72. The first-order valence-electron chi connectivity index (χ1n) is 12.9. The van der Waals surface area contributed by atoms with Crippen LogP contribution < -0.4 is 21.3 Å². The summed E-state index contributed by atoms with van der Waals surface area (Å²) in [5.41, 5.74) is 4.09. The second-order valence-corrected chi connectivity index (χ2v) is 12.2. The monoisotopic (exact) mass is 599 g/mol. The predicted molar refractivity (Wildman–Crippen MR) is 147 cm³/mol. The fourth-order valence-corrected chi connectivity index (χ4v) is 6.38. The number of nitrogens with two attached hydrogens (primary N) is 1. The summed E-state index contributed by atoms with van der Waals surface area (Å²) in [4.78, 5) is 22.6. The van der Waals surface area contributed by atoms with Gasteiger partial charge in [-0.15, -0.1) is 12.4 Å². The highest BCUT2D eigenvalue weighted by Crippen LogP contribution is 2.36. The van der Waals surface area contributed by atoms with Gasteiger partial charge in [-0.3, -0.25) is 14.1 Å². The Morgan fingerprint density at radius 2 is 1.90 bits per heavy atom. The first kappa shape index (κ1) is 28.6. The van der Waals surface area contributed by atoms with Crippen LogP contribution in [0.2, 0.25) is 0 Å². The molecule has 0 unspecified atom stereocenters. The normalized spacial score (nSPS) is 23.1. The maximum absolute atomic E-state index is 15.8. The molecule has 1 aromatic carbocycles. The van der Waals surface area contributed by atoms with E-state index >= 15 is 8.78 Å². The van der Waals surface area contributed by atoms with E-state index in [2.05, 4.69) is 20.0 Å². The van der Waals surface area contributed by atoms with Crippen LogP contribution in [-0.4, -0.2) is 59.1 Å². The molecule has 3 aromatic rings. The predicted octanol–water partition coefficient (Wildman–Crippen LogP) is 3.34. The van der Waals surface area contributed by atoms with Gasteiger partial charge in [-0.1, -0.05) is 0 Å². The molecule has 3 fully saturated rings. The van der Waals surface area contributed by atoms with Gasteiger partial charge in [0.05, 0.1) is 16.8 Å². The van der Waals surface area contributed by atoms with Gasteiger partial charge in [-0.05, 0) is 56.2 Å². The van der Waals surface area contributed by atoms with Gasteiger partial charge in [0.15, 0.2) is 5.82 Å². The zero-order chi connectivity index (χ0) is 27.5. The first-order chi connectivity index (χ1) is 18.6. The Bertz CT molecular complexity index is 1610. The standard InChI is InChI=1S/C25H28F3N7O3S.ClH/c26-15-5-6-34(12-15)39(37,38)33-20-4-3-19(27)21(22(20)28)18-7-14-11-31-25(30-10-13-1-2-13)32-23(14)35(24(18)36)17-8-16(29)9-17;/h3-4,7,11,13,15-17,33H,1-2,5-6,8-10,12,29H2,(H,30,31,32);1H/t15-,16-,17-;/m1./s1. The summed E-state index contributed by atoms with van der Waals surface area (Å²) in [6, 6.07) is 2.69. The van der Waals surface area contributed by atoms with Crippen molar-refractivity contribution in [2.45, 2.75) is 50.4 Å². The zero-order valence-corrected chi connectivity index (χ0v) is 22.9. The lowest BCUT2D eigenvalue weighted by Crippen LogP contribution is -2.42. The molecule has 4 N–H and O–H groups in total. The summed E-state index contributed by atoms with van der Waals surface area (Å²) < 4.78 is 74.2. The van der Waals surface area contributed by atoms with Gasteiger partial charge in [-0.2, -0.15) is 17.7 Å². The van der Waals surface area contributed by atoms with E-state index < -0.39 is 44.8 Å². The molecule has 2 aliphatic carbocycles. The average molecular weight is 600 g/mol. The van der Waals surface area contributed by atoms with Gasteiger partial charge in [0.25, 0.3) is 5.56 Å². The van der Waals surface area contributed by atoms with Gasteiger partial charge in [-0.25, -0.2) is 18.2 Å². The Balaban J connectivity index is 0.00000323. The lowest BCUT2D eigenvalue weighted by Gasteiger charge is -2.34. The molecule has 0 spiro atoms. The van der Waals surface area contributed by atoms with E-state index in [9.17, 15) is 17.6 Å². The van der Waals surface area contributed by atoms with E-state index in [1.807, 2.05) is 0 Å². The van der Waals surface area contributed by atoms with Crippen molar-refractivity contribution in [1.82, 2.24) is 18.8 Å². The summed E-state index contributed by atoms with van der Waals surface area (Å²) in [7, 11) is -4.30. The highest BCUT2D eigenvalue weighted by Gasteiger charge is 2.34. The number of aromatic nitrogens is 3. The van der Waals surface area contributed by atoms with Crippen LogP contribution in [0.25, 0.3) is 22.2 Å². The van der Waals surface area contributed by atoms with Crippen LogP contribution in [-0.2, 0) is 10.2 Å². The Morgan fingerprint density at radius 3 is 2.55 bits per heavy atom. The minimum Gasteiger partial charge on any atom is -0.354 e. The molecule has 1 saturated heterocycles. The number of nitrogens with zero attached hydrogens (tertiary/aromatic N) is 4. The maximum atomic E-state index is 15.8. The topological polar surface area (TPSA) is 135 Å². The molecule has 2 aromatic heterocycles. The molecule has 10 nitrogen and oxygen atoms in total. The molecular weight excluding hydrogens is 571 g/mol. The highest BCUT2D eigenvalue weighted by atomic mass is 35.5. The molecule has 3 heterocycles. The van der Waals surface area contributed by atoms with Crippen molar-refractivity contribution >= 4 is 45.3 Å². The molecule has 0 bridgehead atoms. The van der Waals surface area contributed by atoms with Crippen molar-refractivity contribution < 1.29 is 21.6 Å². The number of nitrogens with one attached hydrogen (secondary N) is 2. The molecule has 1 aliphatic heterocycles. The zero-order valence-electron chi connectivity index (χ0n) is 21.3. The molecule has 6 rings (SSSR count).